The Morgan fingerprint density at radius 3 is 2.69 bits per heavy atom. The number of amides is 3. The lowest BCUT2D eigenvalue weighted by Gasteiger charge is -2.33. The summed E-state index contributed by atoms with van der Waals surface area (Å²) in [5.41, 5.74) is 1.02. The fourth-order valence-electron chi connectivity index (χ4n) is 3.47. The largest absolute Gasteiger partial charge is 0.479 e. The lowest BCUT2D eigenvalue weighted by atomic mass is 10.1. The van der Waals surface area contributed by atoms with Crippen LogP contribution in [-0.4, -0.2) is 48.4 Å². The van der Waals surface area contributed by atoms with Crippen LogP contribution in [0.4, 0.5) is 11.4 Å². The van der Waals surface area contributed by atoms with Gasteiger partial charge in [0.25, 0.3) is 5.91 Å². The number of benzene rings is 2. The van der Waals surface area contributed by atoms with E-state index in [2.05, 4.69) is 5.32 Å². The molecular weight excluding hydrogens is 453 g/mol. The molecule has 7 nitrogen and oxygen atoms in total. The molecule has 0 bridgehead atoms. The Hall–Kier alpha value is -2.77. The summed E-state index contributed by atoms with van der Waals surface area (Å²) >= 11 is 12.1. The Kier molecular flexibility index (Phi) is 7.99. The minimum atomic E-state index is -0.625. The monoisotopic (exact) mass is 477 g/mol. The van der Waals surface area contributed by atoms with Crippen LogP contribution in [0.3, 0.4) is 0 Å². The molecule has 1 atom stereocenters. The first-order valence-corrected chi connectivity index (χ1v) is 11.2. The van der Waals surface area contributed by atoms with E-state index in [1.165, 1.54) is 4.90 Å². The number of anilines is 2. The zero-order valence-electron chi connectivity index (χ0n) is 17.9. The van der Waals surface area contributed by atoms with Gasteiger partial charge in [0, 0.05) is 24.5 Å². The van der Waals surface area contributed by atoms with E-state index in [1.807, 2.05) is 19.1 Å². The number of fused-ring (bicyclic) bond motifs is 1. The molecule has 32 heavy (non-hydrogen) atoms. The van der Waals surface area contributed by atoms with Gasteiger partial charge in [-0.05, 0) is 43.7 Å². The normalized spacial score (nSPS) is 15.1. The summed E-state index contributed by atoms with van der Waals surface area (Å²) in [6.45, 7) is 4.10. The smallest absolute Gasteiger partial charge is 0.267 e. The Morgan fingerprint density at radius 1 is 1.19 bits per heavy atom. The van der Waals surface area contributed by atoms with Crippen LogP contribution >= 0.6 is 23.2 Å². The zero-order valence-corrected chi connectivity index (χ0v) is 19.4. The maximum atomic E-state index is 12.9. The molecule has 1 aliphatic heterocycles. The second kappa shape index (κ2) is 10.7. The van der Waals surface area contributed by atoms with Crippen molar-refractivity contribution in [2.75, 3.05) is 29.9 Å². The van der Waals surface area contributed by atoms with Crippen LogP contribution in [0.5, 0.6) is 5.75 Å². The van der Waals surface area contributed by atoms with Crippen molar-refractivity contribution in [1.29, 1.82) is 0 Å². The van der Waals surface area contributed by atoms with Gasteiger partial charge in [-0.2, -0.15) is 0 Å². The maximum absolute atomic E-state index is 12.9. The zero-order chi connectivity index (χ0) is 23.3. The molecule has 0 aliphatic carbocycles. The van der Waals surface area contributed by atoms with Crippen molar-refractivity contribution in [2.24, 2.45) is 0 Å². The summed E-state index contributed by atoms with van der Waals surface area (Å²) < 4.78 is 5.63. The van der Waals surface area contributed by atoms with Crippen LogP contribution in [0.25, 0.3) is 0 Å². The van der Waals surface area contributed by atoms with E-state index in [9.17, 15) is 14.4 Å². The van der Waals surface area contributed by atoms with Crippen molar-refractivity contribution in [1.82, 2.24) is 4.90 Å². The summed E-state index contributed by atoms with van der Waals surface area (Å²) in [5.74, 6) is -0.192. The highest BCUT2D eigenvalue weighted by molar-refractivity contribution is 6.35. The molecule has 0 saturated carbocycles. The second-order valence-corrected chi connectivity index (χ2v) is 8.30. The third-order valence-corrected chi connectivity index (χ3v) is 5.57. The number of nitrogens with zero attached hydrogens (tertiary/aromatic N) is 2. The summed E-state index contributed by atoms with van der Waals surface area (Å²) in [6, 6.07) is 12.0. The van der Waals surface area contributed by atoms with Crippen LogP contribution in [0.15, 0.2) is 42.5 Å². The summed E-state index contributed by atoms with van der Waals surface area (Å²) in [5, 5.41) is 3.49. The van der Waals surface area contributed by atoms with Crippen molar-refractivity contribution < 1.29 is 19.1 Å². The standard InChI is InChI=1S/C23H25Cl2N3O4/c1-3-11-27(14-21(29)26-18-13-16(24)8-9-17(18)25)22(30)10-12-28-19-6-4-5-7-20(19)32-15(2)23(28)31/h4-9,13,15H,3,10-12,14H2,1-2H3,(H,26,29). The molecule has 0 fully saturated rings. The van der Waals surface area contributed by atoms with Crippen molar-refractivity contribution in [2.45, 2.75) is 32.8 Å². The highest BCUT2D eigenvalue weighted by Crippen LogP contribution is 2.33. The summed E-state index contributed by atoms with van der Waals surface area (Å²) in [6.07, 6.45) is 0.144. The molecule has 0 saturated heterocycles. The fourth-order valence-corrected chi connectivity index (χ4v) is 3.81. The Bertz CT molecular complexity index is 1010. The number of para-hydroxylation sites is 2. The minimum Gasteiger partial charge on any atom is -0.479 e. The van der Waals surface area contributed by atoms with E-state index in [0.29, 0.717) is 40.1 Å². The number of rotatable bonds is 8. The molecule has 1 N–H and O–H groups in total. The topological polar surface area (TPSA) is 79.0 Å². The highest BCUT2D eigenvalue weighted by atomic mass is 35.5. The molecule has 170 valence electrons. The van der Waals surface area contributed by atoms with E-state index in [4.69, 9.17) is 27.9 Å². The van der Waals surface area contributed by atoms with Gasteiger partial charge < -0.3 is 19.9 Å². The number of hydrogen-bond acceptors (Lipinski definition) is 4. The number of hydrogen-bond donors (Lipinski definition) is 1. The highest BCUT2D eigenvalue weighted by Gasteiger charge is 2.31. The Morgan fingerprint density at radius 2 is 1.94 bits per heavy atom. The van der Waals surface area contributed by atoms with Crippen LogP contribution in [0.1, 0.15) is 26.7 Å². The van der Waals surface area contributed by atoms with Crippen molar-refractivity contribution in [3.63, 3.8) is 0 Å². The summed E-state index contributed by atoms with van der Waals surface area (Å²) in [4.78, 5) is 41.1. The van der Waals surface area contributed by atoms with E-state index in [1.54, 1.807) is 42.2 Å². The Balaban J connectivity index is 1.64. The van der Waals surface area contributed by atoms with Gasteiger partial charge in [-0.25, -0.2) is 0 Å². The van der Waals surface area contributed by atoms with Crippen LogP contribution < -0.4 is 15.0 Å². The van der Waals surface area contributed by atoms with Gasteiger partial charge in [0.05, 0.1) is 22.9 Å². The number of ether oxygens (including phenoxy) is 1. The van der Waals surface area contributed by atoms with Crippen molar-refractivity contribution in [3.05, 3.63) is 52.5 Å². The molecule has 2 aromatic rings. The van der Waals surface area contributed by atoms with E-state index >= 15 is 0 Å². The number of halogens is 2. The molecule has 1 unspecified atom stereocenters. The van der Waals surface area contributed by atoms with E-state index in [0.717, 1.165) is 0 Å². The second-order valence-electron chi connectivity index (χ2n) is 7.46. The molecule has 0 spiro atoms. The van der Waals surface area contributed by atoms with Gasteiger partial charge in [-0.15, -0.1) is 0 Å². The average molecular weight is 478 g/mol. The van der Waals surface area contributed by atoms with Crippen molar-refractivity contribution >= 4 is 52.3 Å². The van der Waals surface area contributed by atoms with Gasteiger partial charge in [0.2, 0.25) is 11.8 Å². The van der Waals surface area contributed by atoms with Crippen LogP contribution in [-0.2, 0) is 14.4 Å². The van der Waals surface area contributed by atoms with Gasteiger partial charge >= 0.3 is 0 Å². The molecule has 1 aliphatic rings. The van der Waals surface area contributed by atoms with Crippen molar-refractivity contribution in [3.8, 4) is 5.75 Å². The third kappa shape index (κ3) is 5.72. The number of carbonyl (C=O) groups is 3. The molecular formula is C23H25Cl2N3O4. The molecule has 3 rings (SSSR count). The van der Waals surface area contributed by atoms with Gasteiger partial charge in [0.15, 0.2) is 6.10 Å². The maximum Gasteiger partial charge on any atom is 0.267 e. The van der Waals surface area contributed by atoms with Crippen LogP contribution in [0, 0.1) is 0 Å². The lowest BCUT2D eigenvalue weighted by molar-refractivity contribution is -0.134. The van der Waals surface area contributed by atoms with Crippen LogP contribution in [0.2, 0.25) is 10.0 Å². The summed E-state index contributed by atoms with van der Waals surface area (Å²) in [7, 11) is 0. The average Bonchev–Trinajstić information content (AvgIpc) is 2.76. The Labute approximate surface area is 197 Å². The van der Waals surface area contributed by atoms with E-state index < -0.39 is 6.10 Å². The first-order valence-electron chi connectivity index (χ1n) is 10.4. The lowest BCUT2D eigenvalue weighted by Crippen LogP contribution is -2.46. The molecule has 9 heteroatoms. The first kappa shape index (κ1) is 23.9. The molecule has 3 amide bonds. The number of nitrogens with one attached hydrogen (secondary N) is 1. The van der Waals surface area contributed by atoms with Gasteiger partial charge in [0.1, 0.15) is 5.75 Å². The molecule has 2 aromatic carbocycles. The molecule has 0 aromatic heterocycles. The molecule has 1 heterocycles. The number of carbonyl (C=O) groups excluding carboxylic acids is 3. The SMILES string of the molecule is CCCN(CC(=O)Nc1cc(Cl)ccc1Cl)C(=O)CCN1C(=O)C(C)Oc2ccccc21. The third-order valence-electron chi connectivity index (χ3n) is 5.01. The quantitative estimate of drug-likeness (QED) is 0.611. The molecule has 0 radical (unpaired) electrons. The van der Waals surface area contributed by atoms with Gasteiger partial charge in [-0.3, -0.25) is 14.4 Å². The first-order chi connectivity index (χ1) is 15.3. The predicted molar refractivity (Wildman–Crippen MR) is 125 cm³/mol. The minimum absolute atomic E-state index is 0.0813. The fraction of sp³-hybridized carbons (Fsp3) is 0.348. The van der Waals surface area contributed by atoms with E-state index in [-0.39, 0.29) is 37.2 Å². The van der Waals surface area contributed by atoms with Gasteiger partial charge in [-0.1, -0.05) is 42.3 Å². The predicted octanol–water partition coefficient (Wildman–Crippen LogP) is 4.37.